The van der Waals surface area contributed by atoms with E-state index in [1.54, 1.807) is 16.7 Å². The van der Waals surface area contributed by atoms with E-state index in [1.807, 2.05) is 0 Å². The van der Waals surface area contributed by atoms with Crippen molar-refractivity contribution in [3.8, 4) is 11.4 Å². The van der Waals surface area contributed by atoms with E-state index in [0.717, 1.165) is 28.0 Å². The Morgan fingerprint density at radius 1 is 1.23 bits per heavy atom. The molecular weight excluding hydrogens is 675 g/mol. The predicted molar refractivity (Wildman–Crippen MR) is 170 cm³/mol. The number of nitrogen functional groups attached to an aromatic ring is 3. The van der Waals surface area contributed by atoms with E-state index in [-0.39, 0.29) is 45.4 Å². The lowest BCUT2D eigenvalue weighted by Gasteiger charge is -2.50. The minimum atomic E-state index is -1.80. The van der Waals surface area contributed by atoms with Gasteiger partial charge < -0.3 is 47.5 Å². The second-order valence-corrected chi connectivity index (χ2v) is 13.5. The maximum atomic E-state index is 13.3. The molecule has 5 rings (SSSR count). The van der Waals surface area contributed by atoms with Crippen LogP contribution in [0, 0.1) is 0 Å². The Morgan fingerprint density at radius 3 is 2.55 bits per heavy atom. The summed E-state index contributed by atoms with van der Waals surface area (Å²) in [7, 11) is 0. The summed E-state index contributed by atoms with van der Waals surface area (Å²) in [4.78, 5) is 64.9. The van der Waals surface area contributed by atoms with E-state index in [4.69, 9.17) is 22.0 Å². The van der Waals surface area contributed by atoms with Gasteiger partial charge in [-0.1, -0.05) is 10.1 Å². The molecule has 1 saturated heterocycles. The van der Waals surface area contributed by atoms with E-state index in [2.05, 4.69) is 20.4 Å². The Balaban J connectivity index is 1.36. The molecule has 0 bridgehead atoms. The number of aromatic hydroxyl groups is 1. The van der Waals surface area contributed by atoms with Crippen molar-refractivity contribution in [2.24, 2.45) is 5.16 Å². The van der Waals surface area contributed by atoms with Crippen LogP contribution in [-0.2, 0) is 24.0 Å². The number of fused-ring (bicyclic) bond motifs is 1. The van der Waals surface area contributed by atoms with Gasteiger partial charge in [0, 0.05) is 16.9 Å². The highest BCUT2D eigenvalue weighted by atomic mass is 32.2. The smallest absolute Gasteiger partial charge is 0.350 e. The Morgan fingerprint density at radius 2 is 1.94 bits per heavy atom. The molecule has 1 aromatic carbocycles. The summed E-state index contributed by atoms with van der Waals surface area (Å²) in [6.07, 6.45) is 0. The third-order valence-corrected chi connectivity index (χ3v) is 9.88. The van der Waals surface area contributed by atoms with Crippen LogP contribution in [-0.4, -0.2) is 83.1 Å². The first-order valence-electron chi connectivity index (χ1n) is 13.5. The van der Waals surface area contributed by atoms with Gasteiger partial charge in [-0.25, -0.2) is 9.78 Å². The Labute approximate surface area is 278 Å². The number of thioether (sulfide) groups is 2. The zero-order chi connectivity index (χ0) is 34.2. The van der Waals surface area contributed by atoms with Crippen molar-refractivity contribution in [2.75, 3.05) is 28.7 Å². The first-order valence-corrected chi connectivity index (χ1v) is 16.4. The number of rotatable bonds is 11. The lowest BCUT2D eigenvalue weighted by molar-refractivity contribution is -0.626. The number of hydrogen-bond acceptors (Lipinski definition) is 16. The number of carbonyl (C=O) groups excluding carboxylic acids is 3. The number of anilines is 3. The third kappa shape index (κ3) is 6.74. The first kappa shape index (κ1) is 33.3. The molecule has 1 fully saturated rings. The number of phenols is 1. The summed E-state index contributed by atoms with van der Waals surface area (Å²) in [5, 5.41) is 38.7. The fraction of sp³-hybridized carbons (Fsp3) is 0.259. The molecule has 20 heteroatoms. The molecule has 47 heavy (non-hydrogen) atoms. The average Bonchev–Trinajstić information content (AvgIpc) is 3.44. The number of benzene rings is 1. The van der Waals surface area contributed by atoms with Gasteiger partial charge in [-0.2, -0.15) is 4.57 Å². The molecule has 9 N–H and O–H groups in total. The number of carboxylic acid groups (broad SMARTS) is 2. The number of carboxylic acids is 2. The molecule has 0 aliphatic carbocycles. The molecule has 0 radical (unpaired) electrons. The van der Waals surface area contributed by atoms with E-state index < -0.39 is 46.5 Å². The molecule has 2 amide bonds. The van der Waals surface area contributed by atoms with E-state index >= 15 is 0 Å². The maximum Gasteiger partial charge on any atom is 0.350 e. The van der Waals surface area contributed by atoms with Gasteiger partial charge in [0.2, 0.25) is 17.2 Å². The van der Waals surface area contributed by atoms with Crippen LogP contribution in [0.25, 0.3) is 5.69 Å². The largest absolute Gasteiger partial charge is 0.543 e. The van der Waals surface area contributed by atoms with Crippen LogP contribution >= 0.6 is 34.9 Å². The SMILES string of the molecule is CC(C)(O/N=C(\C(=O)NC1C(=O)N2C(C(=O)[O-])=C(CSc3nc(N)cc(N)[n+]3-c3ccc(O)cc3)CS[C@@H]12)c1csc(N)n1)C(=O)O. The highest BCUT2D eigenvalue weighted by molar-refractivity contribution is 8.01. The zero-order valence-corrected chi connectivity index (χ0v) is 27.0. The van der Waals surface area contributed by atoms with Crippen molar-refractivity contribution in [1.29, 1.82) is 0 Å². The lowest BCUT2D eigenvalue weighted by Crippen LogP contribution is -2.71. The van der Waals surface area contributed by atoms with Crippen molar-refractivity contribution in [1.82, 2.24) is 20.2 Å². The topological polar surface area (TPSA) is 276 Å². The van der Waals surface area contributed by atoms with Crippen LogP contribution in [0.5, 0.6) is 5.75 Å². The van der Waals surface area contributed by atoms with Gasteiger partial charge in [-0.05, 0) is 55.4 Å². The molecule has 2 aliphatic heterocycles. The van der Waals surface area contributed by atoms with Crippen molar-refractivity contribution in [3.63, 3.8) is 0 Å². The number of hydrogen-bond donors (Lipinski definition) is 6. The summed E-state index contributed by atoms with van der Waals surface area (Å²) >= 11 is 3.34. The monoisotopic (exact) mass is 701 g/mol. The normalized spacial score (nSPS) is 18.0. The van der Waals surface area contributed by atoms with E-state index in [9.17, 15) is 34.5 Å². The maximum absolute atomic E-state index is 13.3. The summed E-state index contributed by atoms with van der Waals surface area (Å²) < 4.78 is 1.58. The van der Waals surface area contributed by atoms with E-state index in [1.165, 1.54) is 49.2 Å². The Hall–Kier alpha value is -5.08. The van der Waals surface area contributed by atoms with Crippen molar-refractivity contribution < 1.29 is 43.9 Å². The van der Waals surface area contributed by atoms with Gasteiger partial charge in [-0.3, -0.25) is 14.5 Å². The number of nitrogens with zero attached hydrogens (tertiary/aromatic N) is 5. The van der Waals surface area contributed by atoms with Crippen LogP contribution in [0.4, 0.5) is 16.8 Å². The summed E-state index contributed by atoms with van der Waals surface area (Å²) in [6.45, 7) is 2.45. The van der Waals surface area contributed by atoms with Crippen molar-refractivity contribution in [2.45, 2.75) is 36.0 Å². The number of aromatic nitrogens is 3. The minimum Gasteiger partial charge on any atom is -0.543 e. The van der Waals surface area contributed by atoms with Gasteiger partial charge in [0.1, 0.15) is 28.5 Å². The quantitative estimate of drug-likeness (QED) is 0.0351. The lowest BCUT2D eigenvalue weighted by atomic mass is 10.0. The Bertz CT molecular complexity index is 1840. The molecule has 17 nitrogen and oxygen atoms in total. The number of nitrogens with one attached hydrogen (secondary N) is 1. The molecule has 2 aromatic heterocycles. The first-order chi connectivity index (χ1) is 22.2. The molecule has 3 aromatic rings. The summed E-state index contributed by atoms with van der Waals surface area (Å²) in [6, 6.07) is 6.47. The van der Waals surface area contributed by atoms with Crippen LogP contribution in [0.1, 0.15) is 19.5 Å². The van der Waals surface area contributed by atoms with Crippen LogP contribution in [0.2, 0.25) is 0 Å². The average molecular weight is 702 g/mol. The van der Waals surface area contributed by atoms with Crippen molar-refractivity contribution in [3.05, 3.63) is 52.7 Å². The summed E-state index contributed by atoms with van der Waals surface area (Å²) in [5.74, 6) is -3.92. The number of phenolic OH excluding ortho intramolecular Hbond substituents is 1. The van der Waals surface area contributed by atoms with Gasteiger partial charge in [0.25, 0.3) is 11.8 Å². The number of carbonyl (C=O) groups is 4. The number of aliphatic carboxylic acids is 2. The fourth-order valence-electron chi connectivity index (χ4n) is 4.42. The molecule has 0 spiro atoms. The number of oxime groups is 1. The van der Waals surface area contributed by atoms with Gasteiger partial charge in [0.15, 0.2) is 10.8 Å². The number of amides is 2. The molecule has 4 heterocycles. The van der Waals surface area contributed by atoms with Gasteiger partial charge in [0.05, 0.1) is 17.7 Å². The number of thiazole rings is 1. The van der Waals surface area contributed by atoms with Crippen LogP contribution < -0.4 is 32.2 Å². The number of β-lactam (4-membered cyclic amide) rings is 1. The van der Waals surface area contributed by atoms with Gasteiger partial charge in [-0.15, -0.1) is 23.1 Å². The predicted octanol–water partition coefficient (Wildman–Crippen LogP) is -0.953. The molecule has 2 aliphatic rings. The molecule has 246 valence electrons. The molecule has 1 unspecified atom stereocenters. The molecule has 2 atom stereocenters. The highest BCUT2D eigenvalue weighted by Crippen LogP contribution is 2.41. The minimum absolute atomic E-state index is 0.0129. The zero-order valence-electron chi connectivity index (χ0n) is 24.6. The molecular formula is C27H27N9O8S3. The highest BCUT2D eigenvalue weighted by Gasteiger charge is 2.53. The number of nitrogens with two attached hydrogens (primary N) is 3. The molecule has 0 saturated carbocycles. The van der Waals surface area contributed by atoms with Gasteiger partial charge >= 0.3 is 11.1 Å². The van der Waals surface area contributed by atoms with Crippen LogP contribution in [0.15, 0.2) is 57.3 Å². The standard InChI is InChI=1S/C27H27N9O8S3/c1-27(2,24(42)43)44-34-17(14-10-46-25(30)31-14)20(38)33-18-21(39)36-19(23(40)41)11(8-45-22(18)36)9-47-26-32-15(28)7-16(29)35(26)12-3-5-13(37)6-4-12/h3-7,10,18,22H,8-9H2,1-2H3,(H9,28,29,30,31,33,37,38,40,41,42,43)/b34-17-/t18?,22-/m0/s1. The van der Waals surface area contributed by atoms with Crippen molar-refractivity contribution >= 4 is 81.1 Å². The van der Waals surface area contributed by atoms with E-state index in [0.29, 0.717) is 16.4 Å². The Kier molecular flexibility index (Phi) is 9.18. The summed E-state index contributed by atoms with van der Waals surface area (Å²) in [5.41, 5.74) is 16.2. The third-order valence-electron chi connectivity index (χ3n) is 6.84. The van der Waals surface area contributed by atoms with Crippen LogP contribution in [0.3, 0.4) is 0 Å². The fourth-order valence-corrected chi connectivity index (χ4v) is 7.50. The second-order valence-electron chi connectivity index (χ2n) is 10.5. The second kappa shape index (κ2) is 13.0.